The van der Waals surface area contributed by atoms with Gasteiger partial charge in [0.25, 0.3) is 0 Å². The molecule has 0 aliphatic rings. The van der Waals surface area contributed by atoms with Crippen LogP contribution in [-0.4, -0.2) is 13.9 Å². The number of hydrogen-bond acceptors (Lipinski definition) is 2. The van der Waals surface area contributed by atoms with E-state index in [-0.39, 0.29) is 5.78 Å². The van der Waals surface area contributed by atoms with Crippen molar-refractivity contribution in [1.29, 1.82) is 0 Å². The fraction of sp³-hybridized carbons (Fsp3) is 0.667. The highest BCUT2D eigenvalue weighted by molar-refractivity contribution is 6.87. The Morgan fingerprint density at radius 3 is 2.12 bits per heavy atom. The Labute approximate surface area is 149 Å². The smallest absolute Gasteiger partial charge is 0.155 e. The highest BCUT2D eigenvalue weighted by Gasteiger charge is 2.20. The van der Waals surface area contributed by atoms with Crippen molar-refractivity contribution in [3.63, 3.8) is 0 Å². The lowest BCUT2D eigenvalue weighted by Gasteiger charge is -2.10. The summed E-state index contributed by atoms with van der Waals surface area (Å²) in [5, 5.41) is 1.09. The SMILES string of the molecule is CCCCCCCCCCCC(=O)/C=C/c1coc([Si](C)(C)C)c1. The largest absolute Gasteiger partial charge is 0.474 e. The highest BCUT2D eigenvalue weighted by atomic mass is 28.3. The molecule has 24 heavy (non-hydrogen) atoms. The number of furan rings is 1. The van der Waals surface area contributed by atoms with Crippen molar-refractivity contribution in [3.05, 3.63) is 24.0 Å². The zero-order valence-corrected chi connectivity index (χ0v) is 17.2. The lowest BCUT2D eigenvalue weighted by atomic mass is 10.1. The van der Waals surface area contributed by atoms with Crippen LogP contribution >= 0.6 is 0 Å². The van der Waals surface area contributed by atoms with Gasteiger partial charge in [-0.2, -0.15) is 0 Å². The van der Waals surface area contributed by atoms with E-state index in [1.807, 2.05) is 6.08 Å². The number of unbranched alkanes of at least 4 members (excludes halogenated alkanes) is 8. The average Bonchev–Trinajstić information content (AvgIpc) is 3.00. The van der Waals surface area contributed by atoms with Gasteiger partial charge in [0.1, 0.15) is 8.07 Å². The van der Waals surface area contributed by atoms with Crippen LogP contribution in [0.15, 0.2) is 22.8 Å². The van der Waals surface area contributed by atoms with E-state index in [1.165, 1.54) is 51.4 Å². The predicted molar refractivity (Wildman–Crippen MR) is 108 cm³/mol. The number of rotatable bonds is 13. The molecule has 2 nitrogen and oxygen atoms in total. The normalized spacial score (nSPS) is 12.2. The fourth-order valence-electron chi connectivity index (χ4n) is 2.71. The molecule has 0 amide bonds. The first-order valence-electron chi connectivity index (χ1n) is 9.73. The Balaban J connectivity index is 2.12. The first kappa shape index (κ1) is 21.0. The van der Waals surface area contributed by atoms with Crippen LogP contribution in [0.5, 0.6) is 0 Å². The number of carbonyl (C=O) groups excluding carboxylic acids is 1. The molecule has 0 atom stereocenters. The van der Waals surface area contributed by atoms with Crippen LogP contribution in [0.1, 0.15) is 76.7 Å². The molecule has 0 fully saturated rings. The quantitative estimate of drug-likeness (QED) is 0.237. The van der Waals surface area contributed by atoms with E-state index in [9.17, 15) is 4.79 Å². The summed E-state index contributed by atoms with van der Waals surface area (Å²) in [6.07, 6.45) is 17.6. The third kappa shape index (κ3) is 9.26. The standard InChI is InChI=1S/C21H36O2Si/c1-5-6-7-8-9-10-11-12-13-14-20(22)16-15-19-17-21(23-18-19)24(2,3)4/h15-18H,5-14H2,1-4H3/b16-15+. The van der Waals surface area contributed by atoms with Crippen molar-refractivity contribution in [2.24, 2.45) is 0 Å². The van der Waals surface area contributed by atoms with Crippen molar-refractivity contribution >= 4 is 25.3 Å². The Morgan fingerprint density at radius 2 is 1.58 bits per heavy atom. The zero-order chi connectivity index (χ0) is 17.8. The Morgan fingerprint density at radius 1 is 1.00 bits per heavy atom. The molecule has 1 aromatic rings. The van der Waals surface area contributed by atoms with Gasteiger partial charge in [-0.05, 0) is 24.6 Å². The molecule has 0 radical (unpaired) electrons. The molecule has 1 aromatic heterocycles. The summed E-state index contributed by atoms with van der Waals surface area (Å²) < 4.78 is 5.62. The zero-order valence-electron chi connectivity index (χ0n) is 16.2. The lowest BCUT2D eigenvalue weighted by molar-refractivity contribution is -0.114. The van der Waals surface area contributed by atoms with Crippen LogP contribution in [0.25, 0.3) is 6.08 Å². The van der Waals surface area contributed by atoms with Gasteiger partial charge < -0.3 is 4.42 Å². The third-order valence-corrected chi connectivity index (χ3v) is 6.09. The maximum absolute atomic E-state index is 11.9. The summed E-state index contributed by atoms with van der Waals surface area (Å²) in [5.41, 5.74) is 1.01. The first-order valence-corrected chi connectivity index (χ1v) is 13.2. The number of ketones is 1. The first-order chi connectivity index (χ1) is 11.4. The van der Waals surface area contributed by atoms with Crippen molar-refractivity contribution in [3.8, 4) is 0 Å². The molecule has 0 aromatic carbocycles. The Kier molecular flexibility index (Phi) is 10.0. The molecule has 0 saturated heterocycles. The Bertz CT molecular complexity index is 494. The van der Waals surface area contributed by atoms with Crippen LogP contribution in [-0.2, 0) is 4.79 Å². The second kappa shape index (κ2) is 11.5. The maximum Gasteiger partial charge on any atom is 0.155 e. The molecule has 0 N–H and O–H groups in total. The molecule has 0 spiro atoms. The second-order valence-corrected chi connectivity index (χ2v) is 12.9. The van der Waals surface area contributed by atoms with Crippen LogP contribution < -0.4 is 5.38 Å². The minimum atomic E-state index is -1.40. The molecule has 3 heteroatoms. The summed E-state index contributed by atoms with van der Waals surface area (Å²) in [6, 6.07) is 2.08. The van der Waals surface area contributed by atoms with Crippen LogP contribution in [0, 0.1) is 0 Å². The Hall–Kier alpha value is -1.09. The van der Waals surface area contributed by atoms with Gasteiger partial charge in [0.2, 0.25) is 0 Å². The third-order valence-electron chi connectivity index (χ3n) is 4.35. The van der Waals surface area contributed by atoms with Crippen molar-refractivity contribution in [1.82, 2.24) is 0 Å². The summed E-state index contributed by atoms with van der Waals surface area (Å²) in [5.74, 6) is 0.230. The van der Waals surface area contributed by atoms with Gasteiger partial charge in [0.15, 0.2) is 5.78 Å². The molecule has 0 bridgehead atoms. The van der Waals surface area contributed by atoms with Crippen molar-refractivity contribution in [2.45, 2.75) is 90.8 Å². The second-order valence-electron chi connectivity index (χ2n) is 7.87. The van der Waals surface area contributed by atoms with Crippen molar-refractivity contribution in [2.75, 3.05) is 0 Å². The number of hydrogen-bond donors (Lipinski definition) is 0. The maximum atomic E-state index is 11.9. The minimum Gasteiger partial charge on any atom is -0.474 e. The minimum absolute atomic E-state index is 0.230. The van der Waals surface area contributed by atoms with Gasteiger partial charge in [-0.15, -0.1) is 0 Å². The molecule has 1 rings (SSSR count). The van der Waals surface area contributed by atoms with Gasteiger partial charge in [-0.25, -0.2) is 0 Å². The van der Waals surface area contributed by atoms with E-state index in [0.29, 0.717) is 6.42 Å². The molecule has 0 aliphatic heterocycles. The summed E-state index contributed by atoms with van der Waals surface area (Å²) in [6.45, 7) is 9.03. The number of allylic oxidation sites excluding steroid dienone is 1. The monoisotopic (exact) mass is 348 g/mol. The van der Waals surface area contributed by atoms with E-state index >= 15 is 0 Å². The van der Waals surface area contributed by atoms with Gasteiger partial charge >= 0.3 is 0 Å². The van der Waals surface area contributed by atoms with E-state index in [2.05, 4.69) is 32.6 Å². The summed E-state index contributed by atoms with van der Waals surface area (Å²) >= 11 is 0. The molecule has 0 aliphatic carbocycles. The van der Waals surface area contributed by atoms with E-state index in [4.69, 9.17) is 4.42 Å². The van der Waals surface area contributed by atoms with E-state index in [1.54, 1.807) is 12.3 Å². The molecule has 0 saturated carbocycles. The van der Waals surface area contributed by atoms with Gasteiger partial charge in [0, 0.05) is 12.0 Å². The topological polar surface area (TPSA) is 30.2 Å². The van der Waals surface area contributed by atoms with Crippen LogP contribution in [0.3, 0.4) is 0 Å². The molecule has 1 heterocycles. The summed E-state index contributed by atoms with van der Waals surface area (Å²) in [4.78, 5) is 11.9. The van der Waals surface area contributed by atoms with Crippen LogP contribution in [0.2, 0.25) is 19.6 Å². The predicted octanol–water partition coefficient (Wildman–Crippen LogP) is 6.33. The van der Waals surface area contributed by atoms with E-state index in [0.717, 1.165) is 17.4 Å². The lowest BCUT2D eigenvalue weighted by Crippen LogP contribution is -2.36. The van der Waals surface area contributed by atoms with Gasteiger partial charge in [-0.1, -0.05) is 77.9 Å². The average molecular weight is 349 g/mol. The fourth-order valence-corrected chi connectivity index (χ4v) is 3.73. The molecule has 0 unspecified atom stereocenters. The van der Waals surface area contributed by atoms with Crippen molar-refractivity contribution < 1.29 is 9.21 Å². The molecule has 136 valence electrons. The highest BCUT2D eigenvalue weighted by Crippen LogP contribution is 2.12. The molecular formula is C21H36O2Si. The summed E-state index contributed by atoms with van der Waals surface area (Å²) in [7, 11) is -1.40. The van der Waals surface area contributed by atoms with E-state index < -0.39 is 8.07 Å². The van der Waals surface area contributed by atoms with Gasteiger partial charge in [0.05, 0.1) is 11.6 Å². The molecular weight excluding hydrogens is 312 g/mol. The van der Waals surface area contributed by atoms with Gasteiger partial charge in [-0.3, -0.25) is 4.79 Å². The number of carbonyl (C=O) groups is 1. The van der Waals surface area contributed by atoms with Crippen LogP contribution in [0.4, 0.5) is 0 Å².